The van der Waals surface area contributed by atoms with Crippen LogP contribution in [-0.4, -0.2) is 61.2 Å². The highest BCUT2D eigenvalue weighted by molar-refractivity contribution is 4.95. The molecule has 0 aromatic carbocycles. The zero-order chi connectivity index (χ0) is 9.38. The van der Waals surface area contributed by atoms with Crippen molar-refractivity contribution in [3.05, 3.63) is 0 Å². The summed E-state index contributed by atoms with van der Waals surface area (Å²) in [4.78, 5) is 5.34. The molecule has 80 valence electrons. The van der Waals surface area contributed by atoms with Gasteiger partial charge in [0, 0.05) is 31.7 Å². The molecule has 0 amide bonds. The molecule has 0 aliphatic carbocycles. The van der Waals surface area contributed by atoms with Gasteiger partial charge in [0.15, 0.2) is 0 Å². The Morgan fingerprint density at radius 1 is 1.00 bits per heavy atom. The molecule has 3 heteroatoms. The lowest BCUT2D eigenvalue weighted by molar-refractivity contribution is 0.0652. The minimum absolute atomic E-state index is 0.760. The maximum Gasteiger partial charge on any atom is 0.0352 e. The number of hydrogen-bond donors (Lipinski definition) is 1. The van der Waals surface area contributed by atoms with Gasteiger partial charge in [-0.05, 0) is 38.9 Å². The summed E-state index contributed by atoms with van der Waals surface area (Å²) in [6.45, 7) is 7.80. The van der Waals surface area contributed by atoms with Crippen molar-refractivity contribution in [1.82, 2.24) is 15.1 Å². The minimum atomic E-state index is 0.760. The SMILES string of the molecule is C1CCN([C@H]2CCN3CCN[C@H]2C3)C1. The van der Waals surface area contributed by atoms with E-state index in [2.05, 4.69) is 15.1 Å². The van der Waals surface area contributed by atoms with E-state index in [9.17, 15) is 0 Å². The Morgan fingerprint density at radius 2 is 1.86 bits per heavy atom. The van der Waals surface area contributed by atoms with Gasteiger partial charge in [-0.3, -0.25) is 4.90 Å². The largest absolute Gasteiger partial charge is 0.310 e. The first-order valence-electron chi connectivity index (χ1n) is 6.13. The second-order valence-electron chi connectivity index (χ2n) is 4.96. The van der Waals surface area contributed by atoms with Crippen molar-refractivity contribution in [2.75, 3.05) is 39.3 Å². The average Bonchev–Trinajstić information content (AvgIpc) is 2.71. The molecule has 3 nitrogen and oxygen atoms in total. The van der Waals surface area contributed by atoms with E-state index in [0.29, 0.717) is 0 Å². The second kappa shape index (κ2) is 3.80. The van der Waals surface area contributed by atoms with Gasteiger partial charge in [0.1, 0.15) is 0 Å². The third-order valence-electron chi connectivity index (χ3n) is 4.10. The van der Waals surface area contributed by atoms with Gasteiger partial charge in [-0.2, -0.15) is 0 Å². The number of likely N-dealkylation sites (tertiary alicyclic amines) is 1. The molecular weight excluding hydrogens is 174 g/mol. The van der Waals surface area contributed by atoms with Gasteiger partial charge in [-0.15, -0.1) is 0 Å². The summed E-state index contributed by atoms with van der Waals surface area (Å²) in [5.74, 6) is 0. The average molecular weight is 195 g/mol. The standard InChI is InChI=1S/C11H21N3/c1-2-6-14(5-1)11-3-7-13-8-4-12-10(11)9-13/h10-12H,1-9H2/t10-,11-/m0/s1. The highest BCUT2D eigenvalue weighted by Crippen LogP contribution is 2.22. The van der Waals surface area contributed by atoms with Gasteiger partial charge < -0.3 is 10.2 Å². The van der Waals surface area contributed by atoms with Crippen molar-refractivity contribution in [2.24, 2.45) is 0 Å². The van der Waals surface area contributed by atoms with Crippen LogP contribution in [-0.2, 0) is 0 Å². The quantitative estimate of drug-likeness (QED) is 0.641. The number of nitrogens with one attached hydrogen (secondary N) is 1. The van der Waals surface area contributed by atoms with Crippen molar-refractivity contribution in [1.29, 1.82) is 0 Å². The van der Waals surface area contributed by atoms with Gasteiger partial charge in [0.2, 0.25) is 0 Å². The fourth-order valence-electron chi connectivity index (χ4n) is 3.33. The van der Waals surface area contributed by atoms with Crippen LogP contribution < -0.4 is 5.32 Å². The first kappa shape index (κ1) is 9.13. The van der Waals surface area contributed by atoms with Crippen molar-refractivity contribution >= 4 is 0 Å². The molecule has 3 atom stereocenters. The number of piperazine rings is 1. The van der Waals surface area contributed by atoms with E-state index in [0.717, 1.165) is 12.1 Å². The minimum Gasteiger partial charge on any atom is -0.310 e. The second-order valence-corrected chi connectivity index (χ2v) is 4.96. The van der Waals surface area contributed by atoms with Gasteiger partial charge >= 0.3 is 0 Å². The van der Waals surface area contributed by atoms with E-state index in [1.807, 2.05) is 0 Å². The van der Waals surface area contributed by atoms with Crippen molar-refractivity contribution in [2.45, 2.75) is 31.3 Å². The molecule has 0 spiro atoms. The van der Waals surface area contributed by atoms with E-state index < -0.39 is 0 Å². The van der Waals surface area contributed by atoms with E-state index in [1.54, 1.807) is 0 Å². The molecule has 0 radical (unpaired) electrons. The molecule has 3 heterocycles. The molecule has 3 rings (SSSR count). The van der Waals surface area contributed by atoms with Crippen LogP contribution in [0.5, 0.6) is 0 Å². The molecule has 3 fully saturated rings. The Bertz CT molecular complexity index is 201. The molecule has 3 saturated heterocycles. The van der Waals surface area contributed by atoms with Crippen LogP contribution >= 0.6 is 0 Å². The van der Waals surface area contributed by atoms with Crippen molar-refractivity contribution < 1.29 is 0 Å². The van der Waals surface area contributed by atoms with Gasteiger partial charge in [-0.1, -0.05) is 0 Å². The lowest BCUT2D eigenvalue weighted by Crippen LogP contribution is -2.63. The predicted octanol–water partition coefficient (Wildman–Crippen LogP) is 0.128. The molecule has 3 aliphatic heterocycles. The van der Waals surface area contributed by atoms with Crippen LogP contribution in [0.25, 0.3) is 0 Å². The Morgan fingerprint density at radius 3 is 2.71 bits per heavy atom. The lowest BCUT2D eigenvalue weighted by Gasteiger charge is -2.46. The van der Waals surface area contributed by atoms with Crippen LogP contribution in [0.2, 0.25) is 0 Å². The van der Waals surface area contributed by atoms with Crippen molar-refractivity contribution in [3.8, 4) is 0 Å². The fraction of sp³-hybridized carbons (Fsp3) is 1.00. The topological polar surface area (TPSA) is 18.5 Å². The summed E-state index contributed by atoms with van der Waals surface area (Å²) in [6.07, 6.45) is 4.23. The summed E-state index contributed by atoms with van der Waals surface area (Å²) in [5, 5.41) is 3.69. The fourth-order valence-corrected chi connectivity index (χ4v) is 3.33. The first-order valence-corrected chi connectivity index (χ1v) is 6.13. The van der Waals surface area contributed by atoms with Crippen LogP contribution in [0, 0.1) is 0 Å². The Balaban J connectivity index is 1.67. The van der Waals surface area contributed by atoms with Gasteiger partial charge in [0.25, 0.3) is 0 Å². The summed E-state index contributed by atoms with van der Waals surface area (Å²) in [7, 11) is 0. The smallest absolute Gasteiger partial charge is 0.0352 e. The molecule has 0 aromatic rings. The van der Waals surface area contributed by atoms with Crippen LogP contribution in [0.1, 0.15) is 19.3 Å². The molecule has 1 N–H and O–H groups in total. The molecule has 2 bridgehead atoms. The van der Waals surface area contributed by atoms with Gasteiger partial charge in [-0.25, -0.2) is 0 Å². The molecule has 3 aliphatic rings. The maximum absolute atomic E-state index is 3.69. The number of nitrogens with zero attached hydrogens (tertiary/aromatic N) is 2. The van der Waals surface area contributed by atoms with Crippen LogP contribution in [0.15, 0.2) is 0 Å². The van der Waals surface area contributed by atoms with Crippen molar-refractivity contribution in [3.63, 3.8) is 0 Å². The van der Waals surface area contributed by atoms with Crippen LogP contribution in [0.4, 0.5) is 0 Å². The maximum atomic E-state index is 3.69. The highest BCUT2D eigenvalue weighted by atomic mass is 15.3. The molecule has 14 heavy (non-hydrogen) atoms. The van der Waals surface area contributed by atoms with E-state index >= 15 is 0 Å². The Kier molecular flexibility index (Phi) is 2.48. The monoisotopic (exact) mass is 195 g/mol. The van der Waals surface area contributed by atoms with Gasteiger partial charge in [0.05, 0.1) is 0 Å². The summed E-state index contributed by atoms with van der Waals surface area (Å²) in [6, 6.07) is 1.60. The normalized spacial score (nSPS) is 44.1. The molecule has 0 aromatic heterocycles. The molecular formula is C11H21N3. The van der Waals surface area contributed by atoms with E-state index in [1.165, 1.54) is 58.5 Å². The van der Waals surface area contributed by atoms with E-state index in [4.69, 9.17) is 0 Å². The molecule has 0 saturated carbocycles. The first-order chi connectivity index (χ1) is 6.93. The third-order valence-corrected chi connectivity index (χ3v) is 4.10. The number of hydrogen-bond acceptors (Lipinski definition) is 3. The Labute approximate surface area is 86.4 Å². The summed E-state index contributed by atoms with van der Waals surface area (Å²) in [5.41, 5.74) is 0. The molecule has 1 unspecified atom stereocenters. The predicted molar refractivity (Wildman–Crippen MR) is 57.4 cm³/mol. The summed E-state index contributed by atoms with van der Waals surface area (Å²) < 4.78 is 0. The Hall–Kier alpha value is -0.120. The lowest BCUT2D eigenvalue weighted by atomic mass is 9.96. The number of fused-ring (bicyclic) bond motifs is 2. The van der Waals surface area contributed by atoms with Crippen LogP contribution in [0.3, 0.4) is 0 Å². The summed E-state index contributed by atoms with van der Waals surface area (Å²) >= 11 is 0. The third kappa shape index (κ3) is 1.58. The zero-order valence-electron chi connectivity index (χ0n) is 8.91. The van der Waals surface area contributed by atoms with E-state index in [-0.39, 0.29) is 0 Å². The zero-order valence-corrected chi connectivity index (χ0v) is 8.91. The number of rotatable bonds is 1. The number of piperidine rings is 1. The highest BCUT2D eigenvalue weighted by Gasteiger charge is 2.35.